The highest BCUT2D eigenvalue weighted by Crippen LogP contribution is 2.35. The van der Waals surface area contributed by atoms with Crippen molar-refractivity contribution in [3.8, 4) is 0 Å². The molecule has 0 aromatic carbocycles. The lowest BCUT2D eigenvalue weighted by molar-refractivity contribution is 0.0691. The van der Waals surface area contributed by atoms with Crippen LogP contribution in [0.5, 0.6) is 0 Å². The molecule has 0 amide bonds. The van der Waals surface area contributed by atoms with Crippen molar-refractivity contribution in [2.24, 2.45) is 5.92 Å². The van der Waals surface area contributed by atoms with E-state index in [2.05, 4.69) is 16.6 Å². The Morgan fingerprint density at radius 2 is 2.33 bits per heavy atom. The van der Waals surface area contributed by atoms with E-state index in [1.165, 1.54) is 6.20 Å². The van der Waals surface area contributed by atoms with Gasteiger partial charge in [0.1, 0.15) is 10.6 Å². The second kappa shape index (κ2) is 4.74. The van der Waals surface area contributed by atoms with E-state index < -0.39 is 16.0 Å². The largest absolute Gasteiger partial charge is 0.477 e. The highest BCUT2D eigenvalue weighted by atomic mass is 32.2. The molecule has 1 heterocycles. The van der Waals surface area contributed by atoms with Crippen LogP contribution in [0.2, 0.25) is 0 Å². The normalized spacial score (nSPS) is 22.9. The number of aromatic nitrogens is 1. The number of carbonyl (C=O) groups is 1. The zero-order valence-electron chi connectivity index (χ0n) is 10.0. The van der Waals surface area contributed by atoms with Gasteiger partial charge < -0.3 is 10.1 Å². The Labute approximate surface area is 105 Å². The minimum absolute atomic E-state index is 0.00173. The lowest BCUT2D eigenvalue weighted by Gasteiger charge is -2.03. The SMILES string of the molecule is CCCC1CC1NS(=O)(=O)c1c[nH]c(C(=O)O)c1. The molecule has 2 unspecified atom stereocenters. The number of aromatic amines is 1. The van der Waals surface area contributed by atoms with Crippen LogP contribution in [0.3, 0.4) is 0 Å². The van der Waals surface area contributed by atoms with Crippen LogP contribution in [0.15, 0.2) is 17.2 Å². The molecule has 1 aliphatic rings. The number of hydrogen-bond acceptors (Lipinski definition) is 3. The molecule has 2 rings (SSSR count). The molecule has 1 aromatic heterocycles. The van der Waals surface area contributed by atoms with Crippen LogP contribution in [0, 0.1) is 5.92 Å². The molecule has 18 heavy (non-hydrogen) atoms. The van der Waals surface area contributed by atoms with E-state index >= 15 is 0 Å². The second-order valence-corrected chi connectivity index (χ2v) is 6.28. The summed E-state index contributed by atoms with van der Waals surface area (Å²) in [7, 11) is -3.61. The Morgan fingerprint density at radius 1 is 1.61 bits per heavy atom. The monoisotopic (exact) mass is 272 g/mol. The zero-order valence-corrected chi connectivity index (χ0v) is 10.8. The summed E-state index contributed by atoms with van der Waals surface area (Å²) in [6.45, 7) is 2.06. The number of hydrogen-bond donors (Lipinski definition) is 3. The van der Waals surface area contributed by atoms with Crippen molar-refractivity contribution in [3.05, 3.63) is 18.0 Å². The Balaban J connectivity index is 2.04. The van der Waals surface area contributed by atoms with Crippen molar-refractivity contribution in [2.45, 2.75) is 37.1 Å². The van der Waals surface area contributed by atoms with Gasteiger partial charge in [0.15, 0.2) is 0 Å². The van der Waals surface area contributed by atoms with Crippen LogP contribution >= 0.6 is 0 Å². The van der Waals surface area contributed by atoms with Gasteiger partial charge in [-0.2, -0.15) is 0 Å². The van der Waals surface area contributed by atoms with Crippen LogP contribution < -0.4 is 4.72 Å². The molecule has 0 aliphatic heterocycles. The molecule has 0 saturated heterocycles. The first kappa shape index (κ1) is 13.1. The fraction of sp³-hybridized carbons (Fsp3) is 0.545. The van der Waals surface area contributed by atoms with Crippen molar-refractivity contribution >= 4 is 16.0 Å². The maximum atomic E-state index is 11.9. The highest BCUT2D eigenvalue weighted by molar-refractivity contribution is 7.89. The van der Waals surface area contributed by atoms with Crippen LogP contribution in [0.1, 0.15) is 36.7 Å². The summed E-state index contributed by atoms with van der Waals surface area (Å²) in [6.07, 6.45) is 4.11. The summed E-state index contributed by atoms with van der Waals surface area (Å²) in [5.74, 6) is -0.755. The Bertz CT molecular complexity index is 549. The van der Waals surface area contributed by atoms with Crippen molar-refractivity contribution in [3.63, 3.8) is 0 Å². The smallest absolute Gasteiger partial charge is 0.352 e. The molecule has 7 heteroatoms. The predicted octanol–water partition coefficient (Wildman–Crippen LogP) is 1.18. The van der Waals surface area contributed by atoms with Gasteiger partial charge in [0, 0.05) is 12.2 Å². The van der Waals surface area contributed by atoms with Crippen LogP contribution in [0.4, 0.5) is 0 Å². The van der Waals surface area contributed by atoms with Gasteiger partial charge in [0.25, 0.3) is 0 Å². The van der Waals surface area contributed by atoms with Crippen molar-refractivity contribution in [2.75, 3.05) is 0 Å². The van der Waals surface area contributed by atoms with Crippen LogP contribution in [-0.4, -0.2) is 30.5 Å². The second-order valence-electron chi connectivity index (χ2n) is 4.57. The predicted molar refractivity (Wildman–Crippen MR) is 64.9 cm³/mol. The molecule has 1 fully saturated rings. The molecular weight excluding hydrogens is 256 g/mol. The molecule has 0 radical (unpaired) electrons. The summed E-state index contributed by atoms with van der Waals surface area (Å²) in [6, 6.07) is 1.13. The Hall–Kier alpha value is -1.34. The van der Waals surface area contributed by atoms with Crippen molar-refractivity contribution in [1.29, 1.82) is 0 Å². The standard InChI is InChI=1S/C11H16N2O4S/c1-2-3-7-4-9(7)13-18(16,17)8-5-10(11(14)15)12-6-8/h5-7,9,12-13H,2-4H2,1H3,(H,14,15). The fourth-order valence-electron chi connectivity index (χ4n) is 2.00. The topological polar surface area (TPSA) is 99.3 Å². The van der Waals surface area contributed by atoms with Gasteiger partial charge in [-0.1, -0.05) is 13.3 Å². The third-order valence-corrected chi connectivity index (χ3v) is 4.56. The van der Waals surface area contributed by atoms with E-state index in [4.69, 9.17) is 5.11 Å². The molecule has 0 bridgehead atoms. The Morgan fingerprint density at radius 3 is 2.89 bits per heavy atom. The third-order valence-electron chi connectivity index (χ3n) is 3.09. The molecule has 1 saturated carbocycles. The van der Waals surface area contributed by atoms with E-state index in [9.17, 15) is 13.2 Å². The first-order valence-electron chi connectivity index (χ1n) is 5.88. The van der Waals surface area contributed by atoms with Gasteiger partial charge in [0.2, 0.25) is 10.0 Å². The van der Waals surface area contributed by atoms with Gasteiger partial charge in [0.05, 0.1) is 0 Å². The minimum atomic E-state index is -3.61. The minimum Gasteiger partial charge on any atom is -0.477 e. The average molecular weight is 272 g/mol. The van der Waals surface area contributed by atoms with Gasteiger partial charge in [-0.05, 0) is 24.8 Å². The number of nitrogens with one attached hydrogen (secondary N) is 2. The molecule has 2 atom stereocenters. The number of aromatic carboxylic acids is 1. The fourth-order valence-corrected chi connectivity index (χ4v) is 3.31. The van der Waals surface area contributed by atoms with Crippen LogP contribution in [0.25, 0.3) is 0 Å². The van der Waals surface area contributed by atoms with Gasteiger partial charge in [-0.25, -0.2) is 17.9 Å². The van der Waals surface area contributed by atoms with Crippen LogP contribution in [-0.2, 0) is 10.0 Å². The number of rotatable bonds is 6. The molecule has 1 aromatic rings. The van der Waals surface area contributed by atoms with Crippen molar-refractivity contribution in [1.82, 2.24) is 9.71 Å². The number of sulfonamides is 1. The van der Waals surface area contributed by atoms with Gasteiger partial charge in [-0.15, -0.1) is 0 Å². The summed E-state index contributed by atoms with van der Waals surface area (Å²) in [5, 5.41) is 8.72. The van der Waals surface area contributed by atoms with E-state index in [0.29, 0.717) is 5.92 Å². The molecule has 3 N–H and O–H groups in total. The quantitative estimate of drug-likeness (QED) is 0.724. The first-order valence-corrected chi connectivity index (χ1v) is 7.36. The average Bonchev–Trinajstić information content (AvgIpc) is 2.83. The molecule has 100 valence electrons. The lowest BCUT2D eigenvalue weighted by Crippen LogP contribution is -2.26. The number of H-pyrrole nitrogens is 1. The Kier molecular flexibility index (Phi) is 3.45. The van der Waals surface area contributed by atoms with E-state index in [1.807, 2.05) is 0 Å². The summed E-state index contributed by atoms with van der Waals surface area (Å²) < 4.78 is 26.5. The number of carboxylic acid groups (broad SMARTS) is 1. The molecule has 1 aliphatic carbocycles. The summed E-state index contributed by atoms with van der Waals surface area (Å²) in [4.78, 5) is 13.1. The van der Waals surface area contributed by atoms with E-state index in [-0.39, 0.29) is 16.6 Å². The van der Waals surface area contributed by atoms with Gasteiger partial charge >= 0.3 is 5.97 Å². The summed E-state index contributed by atoms with van der Waals surface area (Å²) >= 11 is 0. The number of carboxylic acids is 1. The maximum absolute atomic E-state index is 11.9. The molecule has 0 spiro atoms. The van der Waals surface area contributed by atoms with Crippen molar-refractivity contribution < 1.29 is 18.3 Å². The first-order chi connectivity index (χ1) is 8.44. The highest BCUT2D eigenvalue weighted by Gasteiger charge is 2.39. The maximum Gasteiger partial charge on any atom is 0.352 e. The lowest BCUT2D eigenvalue weighted by atomic mass is 10.2. The molecular formula is C11H16N2O4S. The zero-order chi connectivity index (χ0) is 13.3. The van der Waals surface area contributed by atoms with E-state index in [0.717, 1.165) is 25.3 Å². The van der Waals surface area contributed by atoms with Gasteiger partial charge in [-0.3, -0.25) is 0 Å². The van der Waals surface area contributed by atoms with E-state index in [1.54, 1.807) is 0 Å². The molecule has 6 nitrogen and oxygen atoms in total. The summed E-state index contributed by atoms with van der Waals surface area (Å²) in [5.41, 5.74) is -0.128. The third kappa shape index (κ3) is 2.73.